The van der Waals surface area contributed by atoms with E-state index in [4.69, 9.17) is 14.0 Å². The summed E-state index contributed by atoms with van der Waals surface area (Å²) in [5.41, 5.74) is 1.75. The van der Waals surface area contributed by atoms with Crippen LogP contribution in [-0.4, -0.2) is 94.7 Å². The third kappa shape index (κ3) is 9.83. The summed E-state index contributed by atoms with van der Waals surface area (Å²) in [7, 11) is -2.60. The van der Waals surface area contributed by atoms with E-state index in [1.165, 1.54) is 7.11 Å². The van der Waals surface area contributed by atoms with Crippen molar-refractivity contribution >= 4 is 13.5 Å². The highest BCUT2D eigenvalue weighted by Crippen LogP contribution is 2.43. The van der Waals surface area contributed by atoms with Gasteiger partial charge in [-0.1, -0.05) is 36.4 Å². The zero-order valence-corrected chi connectivity index (χ0v) is 23.3. The molecular formula is C27H39N2O10P. The standard InChI is InChI=1S/C27H39N2O10P/c1-37-24-12-19(8-9-23(24)38-16-18-6-3-2-4-7-18)13-25(32)28-10-5-11-39-40(35,36)17-20(31)14-21-26(33)27(34)22(15-30)29-21/h2-4,6-9,12,20-22,26-27,29-31,33-34H,5,10-11,13-17H2,1H3,(H,28,32)(H,35,36)/t20-,21-,22-,26-,27-/m1/s1. The SMILES string of the molecule is COc1cc(CC(=O)NCCCOP(=O)(O)C[C@H](O)C[C@H]2N[C@H](CO)[C@@H](O)[C@@H]2O)ccc1OCc1ccccc1. The number of benzene rings is 2. The number of amides is 1. The van der Waals surface area contributed by atoms with Crippen LogP contribution in [0.1, 0.15) is 24.0 Å². The fourth-order valence-electron chi connectivity index (χ4n) is 4.43. The molecule has 1 heterocycles. The normalized spacial score (nSPS) is 22.9. The highest BCUT2D eigenvalue weighted by atomic mass is 31.2. The lowest BCUT2D eigenvalue weighted by Crippen LogP contribution is -2.38. The van der Waals surface area contributed by atoms with Crippen molar-refractivity contribution < 1.29 is 48.7 Å². The lowest BCUT2D eigenvalue weighted by atomic mass is 10.0. The van der Waals surface area contributed by atoms with Gasteiger partial charge in [-0.3, -0.25) is 9.36 Å². The fraction of sp³-hybridized carbons (Fsp3) is 0.519. The monoisotopic (exact) mass is 582 g/mol. The van der Waals surface area contributed by atoms with E-state index < -0.39 is 50.8 Å². The highest BCUT2D eigenvalue weighted by Gasteiger charge is 2.41. The van der Waals surface area contributed by atoms with Gasteiger partial charge in [0, 0.05) is 12.6 Å². The minimum atomic E-state index is -4.13. The van der Waals surface area contributed by atoms with Gasteiger partial charge >= 0.3 is 7.60 Å². The fourth-order valence-corrected chi connectivity index (χ4v) is 5.64. The molecule has 2 aromatic carbocycles. The number of ether oxygens (including phenoxy) is 2. The van der Waals surface area contributed by atoms with Gasteiger partial charge in [0.05, 0.1) is 57.3 Å². The lowest BCUT2D eigenvalue weighted by molar-refractivity contribution is -0.120. The topological polar surface area (TPSA) is 187 Å². The summed E-state index contributed by atoms with van der Waals surface area (Å²) < 4.78 is 28.6. The number of hydrogen-bond acceptors (Lipinski definition) is 10. The van der Waals surface area contributed by atoms with Crippen molar-refractivity contribution in [3.8, 4) is 11.5 Å². The van der Waals surface area contributed by atoms with Crippen molar-refractivity contribution in [1.29, 1.82) is 0 Å². The first kappa shape index (κ1) is 32.0. The smallest absolute Gasteiger partial charge is 0.330 e. The third-order valence-electron chi connectivity index (χ3n) is 6.53. The van der Waals surface area contributed by atoms with Crippen LogP contribution in [0.15, 0.2) is 48.5 Å². The van der Waals surface area contributed by atoms with E-state index in [1.807, 2.05) is 30.3 Å². The highest BCUT2D eigenvalue weighted by molar-refractivity contribution is 7.52. The molecule has 3 rings (SSSR count). The Morgan fingerprint density at radius 3 is 2.48 bits per heavy atom. The number of nitrogens with one attached hydrogen (secondary N) is 2. The molecule has 12 nitrogen and oxygen atoms in total. The van der Waals surface area contributed by atoms with Crippen molar-refractivity contribution in [1.82, 2.24) is 10.6 Å². The molecule has 1 aliphatic rings. The van der Waals surface area contributed by atoms with E-state index >= 15 is 0 Å². The van der Waals surface area contributed by atoms with E-state index in [-0.39, 0.29) is 38.3 Å². The molecular weight excluding hydrogens is 543 g/mol. The molecule has 40 heavy (non-hydrogen) atoms. The lowest BCUT2D eigenvalue weighted by Gasteiger charge is -2.21. The van der Waals surface area contributed by atoms with Crippen molar-refractivity contribution in [2.45, 2.75) is 56.3 Å². The Kier molecular flexibility index (Phi) is 12.4. The molecule has 1 saturated heterocycles. The van der Waals surface area contributed by atoms with Gasteiger partial charge in [0.1, 0.15) is 6.61 Å². The number of methoxy groups -OCH3 is 1. The van der Waals surface area contributed by atoms with E-state index in [1.54, 1.807) is 18.2 Å². The average molecular weight is 583 g/mol. The van der Waals surface area contributed by atoms with Crippen molar-refractivity contribution in [2.75, 3.05) is 33.0 Å². The van der Waals surface area contributed by atoms with Crippen LogP contribution >= 0.6 is 7.60 Å². The maximum Gasteiger partial charge on any atom is 0.330 e. The third-order valence-corrected chi connectivity index (χ3v) is 8.00. The quantitative estimate of drug-likeness (QED) is 0.107. The molecule has 1 amide bonds. The van der Waals surface area contributed by atoms with Gasteiger partial charge in [-0.05, 0) is 36.1 Å². The molecule has 0 spiro atoms. The Bertz CT molecular complexity index is 1120. The molecule has 6 atom stereocenters. The Balaban J connectivity index is 1.34. The summed E-state index contributed by atoms with van der Waals surface area (Å²) in [6.45, 7) is 0.0928. The summed E-state index contributed by atoms with van der Waals surface area (Å²) in [5, 5.41) is 44.7. The predicted octanol–water partition coefficient (Wildman–Crippen LogP) is 0.331. The second-order valence-corrected chi connectivity index (χ2v) is 11.6. The molecule has 0 saturated carbocycles. The molecule has 0 bridgehead atoms. The molecule has 1 aliphatic heterocycles. The van der Waals surface area contributed by atoms with E-state index in [0.29, 0.717) is 18.1 Å². The summed E-state index contributed by atoms with van der Waals surface area (Å²) in [6, 6.07) is 13.5. The molecule has 13 heteroatoms. The number of aliphatic hydroxyl groups is 4. The van der Waals surface area contributed by atoms with Crippen molar-refractivity contribution in [2.24, 2.45) is 0 Å². The molecule has 7 N–H and O–H groups in total. The Hall–Kier alpha value is -2.54. The molecule has 0 radical (unpaired) electrons. The van der Waals surface area contributed by atoms with Crippen molar-refractivity contribution in [3.63, 3.8) is 0 Å². The molecule has 222 valence electrons. The first-order chi connectivity index (χ1) is 19.1. The van der Waals surface area contributed by atoms with E-state index in [2.05, 4.69) is 10.6 Å². The Morgan fingerprint density at radius 2 is 1.80 bits per heavy atom. The zero-order chi connectivity index (χ0) is 29.1. The Labute approximate surface area is 233 Å². The van der Waals surface area contributed by atoms with Gasteiger partial charge in [-0.2, -0.15) is 0 Å². The van der Waals surface area contributed by atoms with Crippen LogP contribution in [0.4, 0.5) is 0 Å². The van der Waals surface area contributed by atoms with Crippen LogP contribution in [0.5, 0.6) is 11.5 Å². The summed E-state index contributed by atoms with van der Waals surface area (Å²) >= 11 is 0. The maximum absolute atomic E-state index is 12.4. The first-order valence-electron chi connectivity index (χ1n) is 13.1. The van der Waals surface area contributed by atoms with E-state index in [9.17, 15) is 34.7 Å². The maximum atomic E-state index is 12.4. The van der Waals surface area contributed by atoms with Crippen LogP contribution in [0.2, 0.25) is 0 Å². The zero-order valence-electron chi connectivity index (χ0n) is 22.4. The summed E-state index contributed by atoms with van der Waals surface area (Å²) in [6.07, 6.45) is -3.99. The number of carbonyl (C=O) groups excluding carboxylic acids is 1. The number of hydrogen-bond donors (Lipinski definition) is 7. The van der Waals surface area contributed by atoms with Crippen LogP contribution in [0.3, 0.4) is 0 Å². The number of rotatable bonds is 16. The minimum Gasteiger partial charge on any atom is -0.493 e. The summed E-state index contributed by atoms with van der Waals surface area (Å²) in [5.74, 6) is 0.834. The van der Waals surface area contributed by atoms with Gasteiger partial charge in [0.25, 0.3) is 0 Å². The van der Waals surface area contributed by atoms with Gasteiger partial charge in [-0.25, -0.2) is 0 Å². The van der Waals surface area contributed by atoms with Gasteiger partial charge in [-0.15, -0.1) is 0 Å². The molecule has 2 aromatic rings. The predicted molar refractivity (Wildman–Crippen MR) is 146 cm³/mol. The van der Waals surface area contributed by atoms with Crippen LogP contribution < -0.4 is 20.1 Å². The molecule has 0 aromatic heterocycles. The van der Waals surface area contributed by atoms with Gasteiger partial charge < -0.3 is 50.0 Å². The van der Waals surface area contributed by atoms with Crippen LogP contribution in [0.25, 0.3) is 0 Å². The largest absolute Gasteiger partial charge is 0.493 e. The second-order valence-electron chi connectivity index (χ2n) is 9.73. The first-order valence-corrected chi connectivity index (χ1v) is 14.9. The minimum absolute atomic E-state index is 0.105. The summed E-state index contributed by atoms with van der Waals surface area (Å²) in [4.78, 5) is 22.4. The Morgan fingerprint density at radius 1 is 1.07 bits per heavy atom. The van der Waals surface area contributed by atoms with Gasteiger partial charge in [0.15, 0.2) is 11.5 Å². The second kappa shape index (κ2) is 15.5. The molecule has 1 unspecified atom stereocenters. The molecule has 0 aliphatic carbocycles. The van der Waals surface area contributed by atoms with E-state index in [0.717, 1.165) is 11.1 Å². The van der Waals surface area contributed by atoms with Crippen LogP contribution in [-0.2, 0) is 26.9 Å². The molecule has 1 fully saturated rings. The number of aliphatic hydroxyl groups excluding tert-OH is 4. The number of carbonyl (C=O) groups is 1. The average Bonchev–Trinajstić information content (AvgIpc) is 3.19. The van der Waals surface area contributed by atoms with Crippen LogP contribution in [0, 0.1) is 0 Å². The van der Waals surface area contributed by atoms with Gasteiger partial charge in [0.2, 0.25) is 5.91 Å². The van der Waals surface area contributed by atoms with Crippen molar-refractivity contribution in [3.05, 3.63) is 59.7 Å².